The first-order valence-corrected chi connectivity index (χ1v) is 10.2. The summed E-state index contributed by atoms with van der Waals surface area (Å²) in [7, 11) is 1.56. The summed E-state index contributed by atoms with van der Waals surface area (Å²) in [4.78, 5) is 27.9. The van der Waals surface area contributed by atoms with Crippen LogP contribution < -0.4 is 10.2 Å². The highest BCUT2D eigenvalue weighted by Gasteiger charge is 2.26. The summed E-state index contributed by atoms with van der Waals surface area (Å²) in [6.07, 6.45) is 3.10. The molecule has 2 saturated heterocycles. The van der Waals surface area contributed by atoms with E-state index in [-0.39, 0.29) is 17.6 Å². The van der Waals surface area contributed by atoms with E-state index in [4.69, 9.17) is 4.74 Å². The standard InChI is InChI=1S/C20H30N4O5/c1-29-14-17(25)13-22-10-6-16(7-11-22)21-20(26)15-4-5-18(19(12-15)24(27)28)23-8-2-3-9-23/h4-5,12,16-17,25H,2-3,6-11,13-14H2,1H3,(H,21,26)/t17-/m1/s1. The Hall–Kier alpha value is -2.23. The molecule has 1 atom stereocenters. The minimum Gasteiger partial charge on any atom is -0.389 e. The summed E-state index contributed by atoms with van der Waals surface area (Å²) in [5.74, 6) is -0.279. The maximum atomic E-state index is 12.6. The average molecular weight is 406 g/mol. The van der Waals surface area contributed by atoms with Gasteiger partial charge in [0.25, 0.3) is 11.6 Å². The molecule has 160 valence electrons. The number of ether oxygens (including phenoxy) is 1. The molecule has 2 aliphatic heterocycles. The number of rotatable bonds is 8. The minimum absolute atomic E-state index is 0.0125. The fourth-order valence-corrected chi connectivity index (χ4v) is 4.11. The lowest BCUT2D eigenvalue weighted by molar-refractivity contribution is -0.384. The van der Waals surface area contributed by atoms with Crippen molar-refractivity contribution in [3.05, 3.63) is 33.9 Å². The molecule has 3 rings (SSSR count). The highest BCUT2D eigenvalue weighted by molar-refractivity contribution is 5.96. The number of aliphatic hydroxyl groups excluding tert-OH is 1. The molecule has 29 heavy (non-hydrogen) atoms. The molecule has 2 heterocycles. The maximum Gasteiger partial charge on any atom is 0.293 e. The SMILES string of the molecule is COC[C@H](O)CN1CCC(NC(=O)c2ccc(N3CCCC3)c([N+](=O)[O-])c2)CC1. The number of nitrogens with one attached hydrogen (secondary N) is 1. The number of likely N-dealkylation sites (tertiary alicyclic amines) is 1. The monoisotopic (exact) mass is 406 g/mol. The van der Waals surface area contributed by atoms with Crippen LogP contribution in [0.3, 0.4) is 0 Å². The van der Waals surface area contributed by atoms with Gasteiger partial charge in [0, 0.05) is 57.5 Å². The smallest absolute Gasteiger partial charge is 0.293 e. The fourth-order valence-electron chi connectivity index (χ4n) is 4.11. The van der Waals surface area contributed by atoms with Crippen LogP contribution in [0.4, 0.5) is 11.4 Å². The number of piperidine rings is 1. The van der Waals surface area contributed by atoms with Crippen molar-refractivity contribution in [3.8, 4) is 0 Å². The molecule has 0 unspecified atom stereocenters. The second kappa shape index (κ2) is 10.00. The number of β-amino-alcohol motifs (C(OH)–C–C–N with tert-alkyl or cyclic N) is 1. The van der Waals surface area contributed by atoms with Crippen molar-refractivity contribution in [2.45, 2.75) is 37.8 Å². The Morgan fingerprint density at radius 2 is 2.00 bits per heavy atom. The molecule has 0 aliphatic carbocycles. The number of hydrogen-bond acceptors (Lipinski definition) is 7. The lowest BCUT2D eigenvalue weighted by Gasteiger charge is -2.33. The van der Waals surface area contributed by atoms with Crippen molar-refractivity contribution in [3.63, 3.8) is 0 Å². The largest absolute Gasteiger partial charge is 0.389 e. The van der Waals surface area contributed by atoms with Crippen LogP contribution in [0.2, 0.25) is 0 Å². The third kappa shape index (κ3) is 5.65. The van der Waals surface area contributed by atoms with Gasteiger partial charge in [-0.25, -0.2) is 0 Å². The third-order valence-corrected chi connectivity index (χ3v) is 5.63. The lowest BCUT2D eigenvalue weighted by Crippen LogP contribution is -2.47. The summed E-state index contributed by atoms with van der Waals surface area (Å²) < 4.78 is 4.95. The van der Waals surface area contributed by atoms with Crippen LogP contribution in [-0.2, 0) is 4.74 Å². The van der Waals surface area contributed by atoms with Gasteiger partial charge in [-0.15, -0.1) is 0 Å². The molecule has 2 aliphatic rings. The van der Waals surface area contributed by atoms with E-state index in [1.807, 2.05) is 4.90 Å². The number of hydrogen-bond donors (Lipinski definition) is 2. The zero-order chi connectivity index (χ0) is 20.8. The van der Waals surface area contributed by atoms with Gasteiger partial charge in [0.1, 0.15) is 5.69 Å². The number of nitro groups is 1. The van der Waals surface area contributed by atoms with Crippen molar-refractivity contribution >= 4 is 17.3 Å². The summed E-state index contributed by atoms with van der Waals surface area (Å²) in [5, 5.41) is 24.4. The van der Waals surface area contributed by atoms with Crippen LogP contribution in [-0.4, -0.2) is 79.4 Å². The Morgan fingerprint density at radius 3 is 2.62 bits per heavy atom. The Bertz CT molecular complexity index is 715. The number of benzene rings is 1. The topological polar surface area (TPSA) is 108 Å². The number of amides is 1. The third-order valence-electron chi connectivity index (χ3n) is 5.63. The molecule has 0 saturated carbocycles. The normalized spacial score (nSPS) is 19.3. The van der Waals surface area contributed by atoms with Crippen LogP contribution in [0.5, 0.6) is 0 Å². The first-order chi connectivity index (χ1) is 14.0. The first kappa shape index (κ1) is 21.5. The summed E-state index contributed by atoms with van der Waals surface area (Å²) in [5.41, 5.74) is 0.895. The van der Waals surface area contributed by atoms with E-state index in [1.165, 1.54) is 6.07 Å². The predicted octanol–water partition coefficient (Wildman–Crippen LogP) is 1.40. The number of methoxy groups -OCH3 is 1. The lowest BCUT2D eigenvalue weighted by atomic mass is 10.0. The average Bonchev–Trinajstić information content (AvgIpc) is 3.24. The quantitative estimate of drug-likeness (QED) is 0.496. The molecule has 2 fully saturated rings. The van der Waals surface area contributed by atoms with Crippen molar-refractivity contribution in [2.75, 3.05) is 51.3 Å². The molecule has 0 aromatic heterocycles. The van der Waals surface area contributed by atoms with Crippen molar-refractivity contribution in [2.24, 2.45) is 0 Å². The molecule has 1 amide bonds. The number of nitrogens with zero attached hydrogens (tertiary/aromatic N) is 3. The van der Waals surface area contributed by atoms with Crippen LogP contribution in [0, 0.1) is 10.1 Å². The summed E-state index contributed by atoms with van der Waals surface area (Å²) in [6, 6.07) is 4.78. The van der Waals surface area contributed by atoms with Crippen LogP contribution in [0.1, 0.15) is 36.0 Å². The van der Waals surface area contributed by atoms with Crippen LogP contribution >= 0.6 is 0 Å². The molecule has 0 bridgehead atoms. The van der Waals surface area contributed by atoms with Gasteiger partial charge in [-0.1, -0.05) is 0 Å². The van der Waals surface area contributed by atoms with Gasteiger partial charge in [0.2, 0.25) is 0 Å². The minimum atomic E-state index is -0.513. The number of nitro benzene ring substituents is 1. The van der Waals surface area contributed by atoms with Gasteiger partial charge in [-0.05, 0) is 37.8 Å². The molecule has 1 aromatic rings. The number of aliphatic hydroxyl groups is 1. The van der Waals surface area contributed by atoms with E-state index in [0.29, 0.717) is 24.4 Å². The van der Waals surface area contributed by atoms with Gasteiger partial charge < -0.3 is 25.0 Å². The Balaban J connectivity index is 1.57. The molecule has 1 aromatic carbocycles. The highest BCUT2D eigenvalue weighted by Crippen LogP contribution is 2.31. The zero-order valence-electron chi connectivity index (χ0n) is 16.9. The molecule has 0 spiro atoms. The zero-order valence-corrected chi connectivity index (χ0v) is 16.9. The molecule has 9 nitrogen and oxygen atoms in total. The molecule has 0 radical (unpaired) electrons. The highest BCUT2D eigenvalue weighted by atomic mass is 16.6. The fraction of sp³-hybridized carbons (Fsp3) is 0.650. The van der Waals surface area contributed by atoms with Gasteiger partial charge in [0.05, 0.1) is 17.6 Å². The van der Waals surface area contributed by atoms with Gasteiger partial charge in [-0.2, -0.15) is 0 Å². The Labute approximate surface area is 170 Å². The maximum absolute atomic E-state index is 12.6. The van der Waals surface area contributed by atoms with Gasteiger partial charge in [-0.3, -0.25) is 14.9 Å². The van der Waals surface area contributed by atoms with Crippen LogP contribution in [0.15, 0.2) is 18.2 Å². The molecular weight excluding hydrogens is 376 g/mol. The van der Waals surface area contributed by atoms with Gasteiger partial charge >= 0.3 is 0 Å². The van der Waals surface area contributed by atoms with Crippen LogP contribution in [0.25, 0.3) is 0 Å². The molecular formula is C20H30N4O5. The van der Waals surface area contributed by atoms with E-state index >= 15 is 0 Å². The number of anilines is 1. The second-order valence-corrected chi connectivity index (χ2v) is 7.81. The summed E-state index contributed by atoms with van der Waals surface area (Å²) >= 11 is 0. The van der Waals surface area contributed by atoms with E-state index in [9.17, 15) is 20.0 Å². The summed E-state index contributed by atoms with van der Waals surface area (Å²) in [6.45, 7) is 4.04. The van der Waals surface area contributed by atoms with E-state index < -0.39 is 11.0 Å². The number of carbonyl (C=O) groups excluding carboxylic acids is 1. The predicted molar refractivity (Wildman–Crippen MR) is 109 cm³/mol. The van der Waals surface area contributed by atoms with Crippen molar-refractivity contribution in [1.29, 1.82) is 0 Å². The van der Waals surface area contributed by atoms with Crippen molar-refractivity contribution in [1.82, 2.24) is 10.2 Å². The molecule has 9 heteroatoms. The first-order valence-electron chi connectivity index (χ1n) is 10.2. The van der Waals surface area contributed by atoms with E-state index in [2.05, 4.69) is 10.2 Å². The van der Waals surface area contributed by atoms with E-state index in [1.54, 1.807) is 19.2 Å². The molecule has 2 N–H and O–H groups in total. The number of carbonyl (C=O) groups is 1. The van der Waals surface area contributed by atoms with E-state index in [0.717, 1.165) is 51.9 Å². The Morgan fingerprint density at radius 1 is 1.31 bits per heavy atom. The Kier molecular flexibility index (Phi) is 7.40. The van der Waals surface area contributed by atoms with Crippen molar-refractivity contribution < 1.29 is 19.6 Å². The van der Waals surface area contributed by atoms with Gasteiger partial charge in [0.15, 0.2) is 0 Å². The second-order valence-electron chi connectivity index (χ2n) is 7.81.